The number of hydrogen-bond donors (Lipinski definition) is 1. The van der Waals surface area contributed by atoms with Crippen molar-refractivity contribution in [1.82, 2.24) is 9.97 Å². The van der Waals surface area contributed by atoms with Crippen LogP contribution in [-0.2, 0) is 4.74 Å². The molecule has 1 N–H and O–H groups in total. The zero-order valence-corrected chi connectivity index (χ0v) is 9.06. The first kappa shape index (κ1) is 10.9. The maximum absolute atomic E-state index is 11.4. The van der Waals surface area contributed by atoms with Crippen molar-refractivity contribution in [1.29, 1.82) is 0 Å². The van der Waals surface area contributed by atoms with Crippen LogP contribution in [0.25, 0.3) is 0 Å². The van der Waals surface area contributed by atoms with Gasteiger partial charge in [0.1, 0.15) is 6.10 Å². The Kier molecular flexibility index (Phi) is 3.40. The summed E-state index contributed by atoms with van der Waals surface area (Å²) >= 11 is 0. The lowest BCUT2D eigenvalue weighted by molar-refractivity contribution is 0.0224. The Labute approximate surface area is 92.6 Å². The van der Waals surface area contributed by atoms with E-state index in [1.54, 1.807) is 0 Å². The molecule has 0 amide bonds. The fourth-order valence-corrected chi connectivity index (χ4v) is 1.59. The van der Waals surface area contributed by atoms with E-state index in [2.05, 4.69) is 9.97 Å². The first-order chi connectivity index (χ1) is 7.81. The molecule has 0 bridgehead atoms. The van der Waals surface area contributed by atoms with E-state index in [4.69, 9.17) is 14.2 Å². The van der Waals surface area contributed by atoms with Crippen molar-refractivity contribution < 1.29 is 14.2 Å². The summed E-state index contributed by atoms with van der Waals surface area (Å²) in [5.41, 5.74) is -0.334. The fourth-order valence-electron chi connectivity index (χ4n) is 1.59. The zero-order chi connectivity index (χ0) is 11.4. The largest absolute Gasteiger partial charge is 0.487 e. The molecule has 0 aliphatic carbocycles. The van der Waals surface area contributed by atoms with Gasteiger partial charge in [0.2, 0.25) is 5.75 Å². The summed E-state index contributed by atoms with van der Waals surface area (Å²) in [6, 6.07) is 0. The van der Waals surface area contributed by atoms with E-state index in [1.165, 1.54) is 13.4 Å². The monoisotopic (exact) mass is 226 g/mol. The van der Waals surface area contributed by atoms with Crippen LogP contribution >= 0.6 is 0 Å². The van der Waals surface area contributed by atoms with Gasteiger partial charge in [-0.15, -0.1) is 0 Å². The fraction of sp³-hybridized carbons (Fsp3) is 0.600. The van der Waals surface area contributed by atoms with Crippen LogP contribution in [0.2, 0.25) is 0 Å². The number of H-pyrrole nitrogens is 1. The highest BCUT2D eigenvalue weighted by atomic mass is 16.5. The standard InChI is InChI=1S/C10H14N2O4/c1-14-8-9(13)11-6-12-10(8)16-7-2-4-15-5-3-7/h6-7H,2-5H2,1H3,(H,11,12,13). The Balaban J connectivity index is 2.13. The van der Waals surface area contributed by atoms with Crippen molar-refractivity contribution in [2.75, 3.05) is 20.3 Å². The summed E-state index contributed by atoms with van der Waals surface area (Å²) < 4.78 is 15.8. The zero-order valence-electron chi connectivity index (χ0n) is 9.06. The minimum absolute atomic E-state index is 0.0388. The Bertz CT molecular complexity index is 398. The molecule has 1 saturated heterocycles. The first-order valence-corrected chi connectivity index (χ1v) is 5.17. The predicted octanol–water partition coefficient (Wildman–Crippen LogP) is 0.336. The number of nitrogens with zero attached hydrogens (tertiary/aromatic N) is 1. The third-order valence-electron chi connectivity index (χ3n) is 2.43. The smallest absolute Gasteiger partial charge is 0.297 e. The van der Waals surface area contributed by atoms with E-state index in [0.29, 0.717) is 13.2 Å². The number of aromatic nitrogens is 2. The van der Waals surface area contributed by atoms with Gasteiger partial charge in [-0.2, -0.15) is 0 Å². The molecule has 1 aliphatic rings. The van der Waals surface area contributed by atoms with Gasteiger partial charge < -0.3 is 19.2 Å². The molecule has 0 atom stereocenters. The highest BCUT2D eigenvalue weighted by molar-refractivity contribution is 5.29. The highest BCUT2D eigenvalue weighted by Crippen LogP contribution is 2.22. The molecule has 88 valence electrons. The van der Waals surface area contributed by atoms with Crippen LogP contribution in [0.5, 0.6) is 11.6 Å². The van der Waals surface area contributed by atoms with Gasteiger partial charge in [0.05, 0.1) is 26.7 Å². The van der Waals surface area contributed by atoms with Crippen LogP contribution in [0.1, 0.15) is 12.8 Å². The van der Waals surface area contributed by atoms with E-state index < -0.39 is 0 Å². The number of nitrogens with one attached hydrogen (secondary N) is 1. The third-order valence-corrected chi connectivity index (χ3v) is 2.43. The molecule has 6 heteroatoms. The molecule has 1 aromatic heterocycles. The molecule has 0 aromatic carbocycles. The van der Waals surface area contributed by atoms with Crippen molar-refractivity contribution in [3.63, 3.8) is 0 Å². The minimum Gasteiger partial charge on any atom is -0.487 e. The van der Waals surface area contributed by atoms with Crippen molar-refractivity contribution in [3.05, 3.63) is 16.7 Å². The molecule has 6 nitrogen and oxygen atoms in total. The summed E-state index contributed by atoms with van der Waals surface area (Å²) in [7, 11) is 1.42. The van der Waals surface area contributed by atoms with Crippen molar-refractivity contribution in [3.8, 4) is 11.6 Å². The van der Waals surface area contributed by atoms with Crippen LogP contribution in [0, 0.1) is 0 Å². The van der Waals surface area contributed by atoms with Crippen LogP contribution < -0.4 is 15.0 Å². The van der Waals surface area contributed by atoms with Crippen LogP contribution in [-0.4, -0.2) is 36.4 Å². The minimum atomic E-state index is -0.334. The van der Waals surface area contributed by atoms with Gasteiger partial charge >= 0.3 is 0 Å². The van der Waals surface area contributed by atoms with Crippen LogP contribution in [0.4, 0.5) is 0 Å². The normalized spacial score (nSPS) is 17.1. The third kappa shape index (κ3) is 2.33. The maximum atomic E-state index is 11.4. The van der Waals surface area contributed by atoms with Crippen molar-refractivity contribution in [2.45, 2.75) is 18.9 Å². The van der Waals surface area contributed by atoms with Gasteiger partial charge in [-0.1, -0.05) is 0 Å². The second kappa shape index (κ2) is 4.98. The van der Waals surface area contributed by atoms with Crippen LogP contribution in [0.3, 0.4) is 0 Å². The number of aromatic amines is 1. The van der Waals surface area contributed by atoms with Crippen molar-refractivity contribution in [2.24, 2.45) is 0 Å². The molecule has 1 fully saturated rings. The Morgan fingerprint density at radius 3 is 2.94 bits per heavy atom. The van der Waals surface area contributed by atoms with Gasteiger partial charge in [0.25, 0.3) is 11.4 Å². The van der Waals surface area contributed by atoms with Gasteiger partial charge in [0.15, 0.2) is 0 Å². The molecule has 0 unspecified atom stereocenters. The molecular weight excluding hydrogens is 212 g/mol. The average Bonchev–Trinajstić information content (AvgIpc) is 2.31. The topological polar surface area (TPSA) is 73.4 Å². The lowest BCUT2D eigenvalue weighted by atomic mass is 10.1. The lowest BCUT2D eigenvalue weighted by Crippen LogP contribution is -2.27. The molecule has 0 radical (unpaired) electrons. The highest BCUT2D eigenvalue weighted by Gasteiger charge is 2.19. The number of hydrogen-bond acceptors (Lipinski definition) is 5. The van der Waals surface area contributed by atoms with E-state index in [0.717, 1.165) is 12.8 Å². The summed E-state index contributed by atoms with van der Waals surface area (Å²) in [5, 5.41) is 0. The quantitative estimate of drug-likeness (QED) is 0.804. The van der Waals surface area contributed by atoms with Gasteiger partial charge in [-0.3, -0.25) is 4.79 Å². The predicted molar refractivity (Wildman–Crippen MR) is 55.9 cm³/mol. The molecular formula is C10H14N2O4. The van der Waals surface area contributed by atoms with E-state index in [-0.39, 0.29) is 23.3 Å². The first-order valence-electron chi connectivity index (χ1n) is 5.17. The summed E-state index contributed by atoms with van der Waals surface area (Å²) in [4.78, 5) is 17.8. The molecule has 1 aromatic rings. The Morgan fingerprint density at radius 1 is 1.50 bits per heavy atom. The Morgan fingerprint density at radius 2 is 2.25 bits per heavy atom. The maximum Gasteiger partial charge on any atom is 0.297 e. The number of methoxy groups -OCH3 is 1. The average molecular weight is 226 g/mol. The molecule has 0 spiro atoms. The summed E-state index contributed by atoms with van der Waals surface area (Å²) in [6.07, 6.45) is 2.95. The second-order valence-corrected chi connectivity index (χ2v) is 3.50. The summed E-state index contributed by atoms with van der Waals surface area (Å²) in [5.74, 6) is 0.368. The lowest BCUT2D eigenvalue weighted by Gasteiger charge is -2.22. The van der Waals surface area contributed by atoms with Gasteiger partial charge in [-0.25, -0.2) is 4.98 Å². The van der Waals surface area contributed by atoms with E-state index in [9.17, 15) is 4.79 Å². The van der Waals surface area contributed by atoms with E-state index in [1.807, 2.05) is 0 Å². The van der Waals surface area contributed by atoms with Crippen molar-refractivity contribution >= 4 is 0 Å². The van der Waals surface area contributed by atoms with Gasteiger partial charge in [0, 0.05) is 12.8 Å². The Hall–Kier alpha value is -1.56. The number of rotatable bonds is 3. The molecule has 2 heterocycles. The SMILES string of the molecule is COc1c(OC2CCOCC2)nc[nH]c1=O. The molecule has 1 aliphatic heterocycles. The number of ether oxygens (including phenoxy) is 3. The molecule has 0 saturated carbocycles. The molecule has 16 heavy (non-hydrogen) atoms. The second-order valence-electron chi connectivity index (χ2n) is 3.50. The molecule has 2 rings (SSSR count). The van der Waals surface area contributed by atoms with Crippen LogP contribution in [0.15, 0.2) is 11.1 Å². The summed E-state index contributed by atoms with van der Waals surface area (Å²) in [6.45, 7) is 1.35. The van der Waals surface area contributed by atoms with E-state index >= 15 is 0 Å². The van der Waals surface area contributed by atoms with Gasteiger partial charge in [-0.05, 0) is 0 Å².